The molecule has 0 bridgehead atoms. The quantitative estimate of drug-likeness (QED) is 0.138. The van der Waals surface area contributed by atoms with Crippen LogP contribution in [0.15, 0.2) is 97.1 Å². The molecule has 0 aromatic heterocycles. The molecular weight excluding hydrogens is 556 g/mol. The summed E-state index contributed by atoms with van der Waals surface area (Å²) in [6.45, 7) is 8.08. The van der Waals surface area contributed by atoms with E-state index in [0.29, 0.717) is 36.2 Å². The van der Waals surface area contributed by atoms with Gasteiger partial charge in [0.1, 0.15) is 48.0 Å². The first-order valence-corrected chi connectivity index (χ1v) is 13.9. The van der Waals surface area contributed by atoms with Crippen LogP contribution in [0.2, 0.25) is 0 Å². The Balaban J connectivity index is 0.000000241. The largest absolute Gasteiger partial charge is 0.489 e. The Morgan fingerprint density at radius 1 is 0.614 bits per heavy atom. The van der Waals surface area contributed by atoms with Crippen molar-refractivity contribution < 1.29 is 28.5 Å². The average molecular weight is 591 g/mol. The van der Waals surface area contributed by atoms with Crippen LogP contribution in [0, 0.1) is 41.9 Å². The third-order valence-corrected chi connectivity index (χ3v) is 6.16. The molecule has 0 aliphatic carbocycles. The van der Waals surface area contributed by atoms with Gasteiger partial charge >= 0.3 is 11.9 Å². The lowest BCUT2D eigenvalue weighted by molar-refractivity contribution is -0.141. The molecule has 0 aliphatic rings. The highest BCUT2D eigenvalue weighted by molar-refractivity contribution is 5.81. The molecule has 0 heterocycles. The highest BCUT2D eigenvalue weighted by Crippen LogP contribution is 2.23. The van der Waals surface area contributed by atoms with Crippen molar-refractivity contribution in [3.05, 3.63) is 119 Å². The lowest BCUT2D eigenvalue weighted by Gasteiger charge is -2.14. The van der Waals surface area contributed by atoms with Crippen molar-refractivity contribution in [3.63, 3.8) is 0 Å². The number of benzene rings is 4. The first-order valence-electron chi connectivity index (χ1n) is 13.9. The lowest BCUT2D eigenvalue weighted by atomic mass is 9.96. The van der Waals surface area contributed by atoms with E-state index in [2.05, 4.69) is 0 Å². The zero-order valence-electron chi connectivity index (χ0n) is 25.2. The van der Waals surface area contributed by atoms with Crippen LogP contribution in [-0.4, -0.2) is 11.9 Å². The van der Waals surface area contributed by atoms with Gasteiger partial charge in [0.15, 0.2) is 0 Å². The summed E-state index contributed by atoms with van der Waals surface area (Å²) in [5.74, 6) is 1.03. The molecule has 0 atom stereocenters. The van der Waals surface area contributed by atoms with Crippen molar-refractivity contribution in [3.8, 4) is 35.1 Å². The molecule has 0 saturated heterocycles. The fourth-order valence-electron chi connectivity index (χ4n) is 3.42. The molecule has 4 aromatic carbocycles. The number of carbonyl (C=O) groups excluding carboxylic acids is 2. The van der Waals surface area contributed by atoms with E-state index in [0.717, 1.165) is 11.1 Å². The van der Waals surface area contributed by atoms with Crippen LogP contribution in [0.5, 0.6) is 23.0 Å². The number of esters is 2. The van der Waals surface area contributed by atoms with Gasteiger partial charge in [-0.3, -0.25) is 4.79 Å². The molecule has 0 spiro atoms. The molecule has 8 nitrogen and oxygen atoms in total. The molecular formula is C36H34N2O6. The number of nitrogens with zero attached hydrogens (tertiary/aromatic N) is 2. The molecule has 4 rings (SSSR count). The van der Waals surface area contributed by atoms with Crippen LogP contribution in [0.25, 0.3) is 0 Å². The van der Waals surface area contributed by atoms with Crippen molar-refractivity contribution >= 4 is 11.9 Å². The smallest absolute Gasteiger partial charge is 0.331 e. The minimum atomic E-state index is -1.17. The molecule has 0 fully saturated rings. The maximum Gasteiger partial charge on any atom is 0.331 e. The number of ether oxygens (including phenoxy) is 4. The van der Waals surface area contributed by atoms with Crippen LogP contribution in [0.3, 0.4) is 0 Å². The summed E-state index contributed by atoms with van der Waals surface area (Å²) in [4.78, 5) is 23.0. The van der Waals surface area contributed by atoms with Gasteiger partial charge in [-0.1, -0.05) is 59.7 Å². The van der Waals surface area contributed by atoms with Crippen LogP contribution in [0.4, 0.5) is 0 Å². The number of rotatable bonds is 10. The number of carbonyl (C=O) groups is 2. The second kappa shape index (κ2) is 16.1. The number of aryl methyl sites for hydroxylation is 2. The predicted molar refractivity (Wildman–Crippen MR) is 165 cm³/mol. The van der Waals surface area contributed by atoms with Gasteiger partial charge in [0.2, 0.25) is 0 Å². The van der Waals surface area contributed by atoms with E-state index in [9.17, 15) is 9.59 Å². The highest BCUT2D eigenvalue weighted by atomic mass is 16.5. The summed E-state index contributed by atoms with van der Waals surface area (Å²) in [5, 5.41) is 17.3. The minimum Gasteiger partial charge on any atom is -0.489 e. The van der Waals surface area contributed by atoms with E-state index in [1.807, 2.05) is 68.4 Å². The first kappa shape index (κ1) is 32.9. The molecule has 44 heavy (non-hydrogen) atoms. The van der Waals surface area contributed by atoms with Gasteiger partial charge in [0.25, 0.3) is 0 Å². The van der Waals surface area contributed by atoms with Crippen LogP contribution < -0.4 is 18.9 Å². The van der Waals surface area contributed by atoms with Gasteiger partial charge in [-0.25, -0.2) is 4.79 Å². The summed E-state index contributed by atoms with van der Waals surface area (Å²) in [7, 11) is 0. The summed E-state index contributed by atoms with van der Waals surface area (Å²) in [6.07, 6.45) is -0.258. The minimum absolute atomic E-state index is 0.258. The third-order valence-electron chi connectivity index (χ3n) is 6.16. The van der Waals surface area contributed by atoms with E-state index in [-0.39, 0.29) is 6.42 Å². The number of nitriles is 2. The Morgan fingerprint density at radius 2 is 1.00 bits per heavy atom. The van der Waals surface area contributed by atoms with E-state index in [4.69, 9.17) is 29.5 Å². The Hall–Kier alpha value is -5.60. The molecule has 0 saturated carbocycles. The summed E-state index contributed by atoms with van der Waals surface area (Å²) in [6, 6.07) is 33.4. The van der Waals surface area contributed by atoms with Gasteiger partial charge in [-0.2, -0.15) is 10.5 Å². The van der Waals surface area contributed by atoms with Crippen molar-refractivity contribution in [1.29, 1.82) is 10.5 Å². The Kier molecular flexibility index (Phi) is 12.1. The first-order chi connectivity index (χ1) is 21.1. The van der Waals surface area contributed by atoms with E-state index in [1.54, 1.807) is 54.6 Å². The fraction of sp³-hybridized carbons (Fsp3) is 0.222. The molecule has 4 aromatic rings. The van der Waals surface area contributed by atoms with Crippen molar-refractivity contribution in [2.45, 2.75) is 47.3 Å². The summed E-state index contributed by atoms with van der Waals surface area (Å²) in [5.41, 5.74) is 3.43. The highest BCUT2D eigenvalue weighted by Gasteiger charge is 2.29. The average Bonchev–Trinajstić information content (AvgIpc) is 3.02. The van der Waals surface area contributed by atoms with Crippen molar-refractivity contribution in [2.75, 3.05) is 0 Å². The topological polar surface area (TPSA) is 119 Å². The monoisotopic (exact) mass is 590 g/mol. The lowest BCUT2D eigenvalue weighted by Crippen LogP contribution is -2.27. The zero-order valence-corrected chi connectivity index (χ0v) is 25.2. The van der Waals surface area contributed by atoms with Gasteiger partial charge in [-0.05, 0) is 87.4 Å². The van der Waals surface area contributed by atoms with Crippen molar-refractivity contribution in [2.24, 2.45) is 5.41 Å². The number of hydrogen-bond donors (Lipinski definition) is 0. The number of hydrogen-bond acceptors (Lipinski definition) is 8. The molecule has 0 aliphatic heterocycles. The Bertz CT molecular complexity index is 1600. The SMILES string of the molecule is Cc1ccc(COc2ccc(OC(=O)C(C)(C)C#N)cc2)cc1.Cc1ccc(COc2ccc(OC(=O)CC#N)cc2)cc1. The van der Waals surface area contributed by atoms with E-state index in [1.165, 1.54) is 25.0 Å². The molecule has 224 valence electrons. The Labute approximate surface area is 258 Å². The molecule has 0 radical (unpaired) electrons. The second-order valence-corrected chi connectivity index (χ2v) is 10.4. The van der Waals surface area contributed by atoms with Crippen LogP contribution in [0.1, 0.15) is 42.5 Å². The van der Waals surface area contributed by atoms with E-state index < -0.39 is 17.4 Å². The molecule has 0 unspecified atom stereocenters. The fourth-order valence-corrected chi connectivity index (χ4v) is 3.42. The standard InChI is InChI=1S/C19H19NO3.C17H15NO3/c1-14-4-6-15(7-5-14)12-22-16-8-10-17(11-9-16)23-18(21)19(2,3)13-20;1-13-2-4-14(5-3-13)12-20-15-6-8-16(9-7-15)21-17(19)10-11-18/h4-11H,12H2,1-3H3;2-9H,10,12H2,1H3. The van der Waals surface area contributed by atoms with E-state index >= 15 is 0 Å². The summed E-state index contributed by atoms with van der Waals surface area (Å²) < 4.78 is 21.5. The van der Waals surface area contributed by atoms with Gasteiger partial charge < -0.3 is 18.9 Å². The third kappa shape index (κ3) is 11.0. The molecule has 8 heteroatoms. The maximum absolute atomic E-state index is 11.8. The van der Waals surface area contributed by atoms with Gasteiger partial charge in [0.05, 0.1) is 12.1 Å². The normalized spacial score (nSPS) is 10.2. The van der Waals surface area contributed by atoms with Crippen molar-refractivity contribution in [1.82, 2.24) is 0 Å². The van der Waals surface area contributed by atoms with Crippen LogP contribution in [-0.2, 0) is 22.8 Å². The van der Waals surface area contributed by atoms with Gasteiger partial charge in [0, 0.05) is 0 Å². The maximum atomic E-state index is 11.8. The van der Waals surface area contributed by atoms with Crippen LogP contribution >= 0.6 is 0 Å². The Morgan fingerprint density at radius 3 is 1.39 bits per heavy atom. The van der Waals surface area contributed by atoms with Gasteiger partial charge in [-0.15, -0.1) is 0 Å². The molecule has 0 amide bonds. The second-order valence-electron chi connectivity index (χ2n) is 10.4. The zero-order chi connectivity index (χ0) is 32.0. The predicted octanol–water partition coefficient (Wildman–Crippen LogP) is 7.42. The molecule has 0 N–H and O–H groups in total. The summed E-state index contributed by atoms with van der Waals surface area (Å²) >= 11 is 0.